The fraction of sp³-hybridized carbons (Fsp3) is 0.0625. The van der Waals surface area contributed by atoms with Gasteiger partial charge in [0.25, 0.3) is 0 Å². The molecule has 0 aromatic heterocycles. The number of allylic oxidation sites excluding steroid dienone is 1. The summed E-state index contributed by atoms with van der Waals surface area (Å²) >= 11 is 0. The molecule has 0 amide bonds. The number of fused-ring (bicyclic) bond motifs is 1. The highest BCUT2D eigenvalue weighted by Gasteiger charge is 2.28. The molecule has 0 aliphatic heterocycles. The second-order valence-electron chi connectivity index (χ2n) is 4.76. The quantitative estimate of drug-likeness (QED) is 0.876. The van der Waals surface area contributed by atoms with Crippen molar-refractivity contribution in [3.8, 4) is 5.75 Å². The van der Waals surface area contributed by atoms with E-state index in [9.17, 15) is 13.2 Å². The van der Waals surface area contributed by atoms with Crippen LogP contribution >= 0.6 is 0 Å². The Labute approximate surface area is 127 Å². The topological polar surface area (TPSA) is 80.7 Å². The summed E-state index contributed by atoms with van der Waals surface area (Å²) in [5, 5.41) is 9.14. The van der Waals surface area contributed by atoms with Crippen molar-refractivity contribution < 1.29 is 22.5 Å². The van der Waals surface area contributed by atoms with E-state index in [1.807, 2.05) is 0 Å². The van der Waals surface area contributed by atoms with Gasteiger partial charge in [0, 0.05) is 0 Å². The second-order valence-corrected chi connectivity index (χ2v) is 6.27. The van der Waals surface area contributed by atoms with Gasteiger partial charge < -0.3 is 9.29 Å². The molecule has 0 heterocycles. The van der Waals surface area contributed by atoms with E-state index in [1.54, 1.807) is 36.4 Å². The molecular formula is C16H12O5S. The van der Waals surface area contributed by atoms with Crippen molar-refractivity contribution >= 4 is 21.7 Å². The van der Waals surface area contributed by atoms with Crippen LogP contribution in [-0.2, 0) is 21.3 Å². The molecule has 22 heavy (non-hydrogen) atoms. The van der Waals surface area contributed by atoms with Gasteiger partial charge in [-0.25, -0.2) is 4.79 Å². The monoisotopic (exact) mass is 316 g/mol. The maximum absolute atomic E-state index is 12.4. The average molecular weight is 316 g/mol. The van der Waals surface area contributed by atoms with Gasteiger partial charge in [-0.2, -0.15) is 8.42 Å². The van der Waals surface area contributed by atoms with E-state index >= 15 is 0 Å². The number of para-hydroxylation sites is 1. The molecule has 0 fully saturated rings. The number of aliphatic carboxylic acids is 1. The zero-order chi connectivity index (χ0) is 15.7. The van der Waals surface area contributed by atoms with Gasteiger partial charge in [-0.15, -0.1) is 0 Å². The predicted molar refractivity (Wildman–Crippen MR) is 80.0 cm³/mol. The number of carboxylic acid groups (broad SMARTS) is 1. The number of rotatable bonds is 4. The molecule has 0 atom stereocenters. The van der Waals surface area contributed by atoms with E-state index in [1.165, 1.54) is 18.2 Å². The van der Waals surface area contributed by atoms with Crippen molar-refractivity contribution in [2.75, 3.05) is 0 Å². The van der Waals surface area contributed by atoms with Crippen molar-refractivity contribution in [2.24, 2.45) is 0 Å². The average Bonchev–Trinajstić information content (AvgIpc) is 2.91. The Morgan fingerprint density at radius 1 is 1.05 bits per heavy atom. The Hall–Kier alpha value is -2.60. The van der Waals surface area contributed by atoms with Gasteiger partial charge in [-0.05, 0) is 35.7 Å². The molecule has 1 N–H and O–H groups in total. The molecule has 0 saturated heterocycles. The second kappa shape index (κ2) is 5.31. The van der Waals surface area contributed by atoms with Crippen molar-refractivity contribution in [2.45, 2.75) is 11.3 Å². The van der Waals surface area contributed by atoms with Crippen molar-refractivity contribution in [1.82, 2.24) is 0 Å². The molecule has 1 aliphatic rings. The number of carboxylic acids is 1. The maximum Gasteiger partial charge on any atom is 0.339 e. The van der Waals surface area contributed by atoms with Crippen LogP contribution in [0.15, 0.2) is 59.5 Å². The van der Waals surface area contributed by atoms with Gasteiger partial charge in [0.2, 0.25) is 0 Å². The van der Waals surface area contributed by atoms with Crippen molar-refractivity contribution in [1.29, 1.82) is 0 Å². The minimum Gasteiger partial charge on any atom is -0.478 e. The van der Waals surface area contributed by atoms with Crippen LogP contribution < -0.4 is 4.18 Å². The van der Waals surface area contributed by atoms with Crippen molar-refractivity contribution in [3.63, 3.8) is 0 Å². The molecule has 2 aromatic carbocycles. The van der Waals surface area contributed by atoms with Gasteiger partial charge in [0.15, 0.2) is 0 Å². The summed E-state index contributed by atoms with van der Waals surface area (Å²) in [5.41, 5.74) is 0.993. The third-order valence-electron chi connectivity index (χ3n) is 3.38. The lowest BCUT2D eigenvalue weighted by atomic mass is 10.1. The van der Waals surface area contributed by atoms with E-state index in [0.717, 1.165) is 0 Å². The minimum absolute atomic E-state index is 0.00125. The molecule has 0 unspecified atom stereocenters. The van der Waals surface area contributed by atoms with Crippen LogP contribution in [0, 0.1) is 0 Å². The van der Waals surface area contributed by atoms with Crippen LogP contribution in [0.2, 0.25) is 0 Å². The van der Waals surface area contributed by atoms with Crippen LogP contribution in [0.3, 0.4) is 0 Å². The lowest BCUT2D eigenvalue weighted by Gasteiger charge is -2.11. The zero-order valence-electron chi connectivity index (χ0n) is 11.4. The largest absolute Gasteiger partial charge is 0.478 e. The van der Waals surface area contributed by atoms with Gasteiger partial charge in [0.1, 0.15) is 10.6 Å². The maximum atomic E-state index is 12.4. The molecule has 3 rings (SSSR count). The zero-order valence-corrected chi connectivity index (χ0v) is 12.2. The Morgan fingerprint density at radius 3 is 2.45 bits per heavy atom. The normalized spacial score (nSPS) is 13.4. The predicted octanol–water partition coefficient (Wildman–Crippen LogP) is 2.48. The summed E-state index contributed by atoms with van der Waals surface area (Å²) in [6.07, 6.45) is 1.76. The molecule has 0 bridgehead atoms. The standard InChI is InChI=1S/C16H12O5S/c17-16(18)14-10-9-13-12(14)7-4-8-15(13)22(19,20)21-11-5-2-1-3-6-11/h1-8,10H,9H2,(H,17,18). The van der Waals surface area contributed by atoms with E-state index in [0.29, 0.717) is 11.1 Å². The van der Waals surface area contributed by atoms with Gasteiger partial charge >= 0.3 is 16.1 Å². The number of benzene rings is 2. The Balaban J connectivity index is 2.02. The summed E-state index contributed by atoms with van der Waals surface area (Å²) in [6, 6.07) is 12.7. The lowest BCUT2D eigenvalue weighted by molar-refractivity contribution is -0.130. The summed E-state index contributed by atoms with van der Waals surface area (Å²) in [6.45, 7) is 0. The molecule has 6 heteroatoms. The number of carbonyl (C=O) groups is 1. The van der Waals surface area contributed by atoms with E-state index < -0.39 is 16.1 Å². The SMILES string of the molecule is O=C(O)C1=CCc2c1cccc2S(=O)(=O)Oc1ccccc1. The fourth-order valence-corrected chi connectivity index (χ4v) is 3.62. The van der Waals surface area contributed by atoms with E-state index in [-0.39, 0.29) is 22.6 Å². The molecule has 0 saturated carbocycles. The summed E-state index contributed by atoms with van der Waals surface area (Å²) in [7, 11) is -4.01. The molecule has 0 radical (unpaired) electrons. The van der Waals surface area contributed by atoms with Crippen LogP contribution in [0.5, 0.6) is 5.75 Å². The molecule has 112 valence electrons. The summed E-state index contributed by atoms with van der Waals surface area (Å²) in [4.78, 5) is 11.2. The molecule has 1 aliphatic carbocycles. The van der Waals surface area contributed by atoms with Crippen molar-refractivity contribution in [3.05, 3.63) is 65.7 Å². The first kappa shape index (κ1) is 14.3. The van der Waals surface area contributed by atoms with Crippen LogP contribution in [-0.4, -0.2) is 19.5 Å². The highest BCUT2D eigenvalue weighted by atomic mass is 32.2. The Kier molecular flexibility index (Phi) is 3.46. The minimum atomic E-state index is -4.01. The lowest BCUT2D eigenvalue weighted by Crippen LogP contribution is -2.12. The Morgan fingerprint density at radius 2 is 1.77 bits per heavy atom. The van der Waals surface area contributed by atoms with Gasteiger partial charge in [0.05, 0.1) is 5.57 Å². The third-order valence-corrected chi connectivity index (χ3v) is 4.72. The van der Waals surface area contributed by atoms with Gasteiger partial charge in [-0.1, -0.05) is 36.4 Å². The Bertz CT molecular complexity index is 867. The highest BCUT2D eigenvalue weighted by Crippen LogP contribution is 2.33. The van der Waals surface area contributed by atoms with E-state index in [4.69, 9.17) is 9.29 Å². The highest BCUT2D eigenvalue weighted by molar-refractivity contribution is 7.87. The molecule has 5 nitrogen and oxygen atoms in total. The summed E-state index contributed by atoms with van der Waals surface area (Å²) < 4.78 is 30.0. The third kappa shape index (κ3) is 2.48. The van der Waals surface area contributed by atoms with Crippen LogP contribution in [0.4, 0.5) is 0 Å². The van der Waals surface area contributed by atoms with E-state index in [2.05, 4.69) is 0 Å². The summed E-state index contributed by atoms with van der Waals surface area (Å²) in [5.74, 6) is -0.859. The first-order valence-electron chi connectivity index (χ1n) is 6.54. The number of hydrogen-bond donors (Lipinski definition) is 1. The first-order chi connectivity index (χ1) is 10.5. The fourth-order valence-electron chi connectivity index (χ4n) is 2.43. The van der Waals surface area contributed by atoms with Crippen LogP contribution in [0.25, 0.3) is 5.57 Å². The molecule has 2 aromatic rings. The first-order valence-corrected chi connectivity index (χ1v) is 7.95. The number of hydrogen-bond acceptors (Lipinski definition) is 4. The van der Waals surface area contributed by atoms with Crippen LogP contribution in [0.1, 0.15) is 11.1 Å². The molecule has 0 spiro atoms. The smallest absolute Gasteiger partial charge is 0.339 e. The van der Waals surface area contributed by atoms with Gasteiger partial charge in [-0.3, -0.25) is 0 Å². The molecular weight excluding hydrogens is 304 g/mol.